The molecule has 16 heavy (non-hydrogen) atoms. The summed E-state index contributed by atoms with van der Waals surface area (Å²) in [5.41, 5.74) is 0.173. The molecule has 1 rings (SSSR count). The van der Waals surface area contributed by atoms with E-state index in [4.69, 9.17) is 16.7 Å². The van der Waals surface area contributed by atoms with Crippen molar-refractivity contribution in [3.63, 3.8) is 0 Å². The van der Waals surface area contributed by atoms with Crippen molar-refractivity contribution in [1.29, 1.82) is 0 Å². The first-order chi connectivity index (χ1) is 7.70. The highest BCUT2D eigenvalue weighted by Gasteiger charge is 2.07. The normalized spacial score (nSPS) is 10.4. The third kappa shape index (κ3) is 3.21. The third-order valence-electron chi connectivity index (χ3n) is 2.14. The molecule has 0 radical (unpaired) electrons. The molecule has 5 nitrogen and oxygen atoms in total. The van der Waals surface area contributed by atoms with Crippen LogP contribution in [-0.4, -0.2) is 28.0 Å². The fourth-order valence-corrected chi connectivity index (χ4v) is 1.46. The summed E-state index contributed by atoms with van der Waals surface area (Å²) in [7, 11) is 0. The topological polar surface area (TPSA) is 67.2 Å². The predicted octanol–water partition coefficient (Wildman–Crippen LogP) is 1.10. The van der Waals surface area contributed by atoms with Crippen LogP contribution in [0.15, 0.2) is 11.0 Å². The van der Waals surface area contributed by atoms with E-state index < -0.39 is 0 Å². The van der Waals surface area contributed by atoms with Gasteiger partial charge in [-0.3, -0.25) is 4.79 Å². The van der Waals surface area contributed by atoms with Crippen molar-refractivity contribution in [2.24, 2.45) is 0 Å². The molecule has 0 aliphatic heterocycles. The minimum Gasteiger partial charge on any atom is -0.395 e. The maximum absolute atomic E-state index is 11.7. The lowest BCUT2D eigenvalue weighted by atomic mass is 10.3. The van der Waals surface area contributed by atoms with Gasteiger partial charge in [-0.15, -0.1) is 0 Å². The molecule has 0 aliphatic carbocycles. The molecule has 0 saturated carbocycles. The zero-order valence-electron chi connectivity index (χ0n) is 9.24. The van der Waals surface area contributed by atoms with Gasteiger partial charge in [-0.2, -0.15) is 5.10 Å². The Morgan fingerprint density at radius 3 is 3.00 bits per heavy atom. The number of aliphatic hydroxyl groups excluding tert-OH is 1. The van der Waals surface area contributed by atoms with E-state index >= 15 is 0 Å². The zero-order valence-corrected chi connectivity index (χ0v) is 10.00. The maximum atomic E-state index is 11.7. The second-order valence-corrected chi connectivity index (χ2v) is 3.78. The molecule has 0 fully saturated rings. The highest BCUT2D eigenvalue weighted by Crippen LogP contribution is 2.14. The fourth-order valence-electron chi connectivity index (χ4n) is 1.25. The van der Waals surface area contributed by atoms with Gasteiger partial charge in [0.1, 0.15) is 5.02 Å². The summed E-state index contributed by atoms with van der Waals surface area (Å²) in [6.45, 7) is 2.95. The van der Waals surface area contributed by atoms with Crippen molar-refractivity contribution in [3.05, 3.63) is 21.6 Å². The standard InChI is InChI=1S/C10H16ClN3O2/c1-2-3-5-14-10(16)9(11)8(7-13-14)12-4-6-15/h7,12,15H,2-6H2,1H3. The van der Waals surface area contributed by atoms with Gasteiger partial charge in [0.25, 0.3) is 5.56 Å². The Kier molecular flexibility index (Phi) is 5.28. The van der Waals surface area contributed by atoms with Gasteiger partial charge >= 0.3 is 0 Å². The molecule has 0 amide bonds. The van der Waals surface area contributed by atoms with Crippen LogP contribution in [0.25, 0.3) is 0 Å². The molecule has 1 heterocycles. The third-order valence-corrected chi connectivity index (χ3v) is 2.50. The van der Waals surface area contributed by atoms with E-state index in [0.717, 1.165) is 12.8 Å². The number of aromatic nitrogens is 2. The van der Waals surface area contributed by atoms with Gasteiger partial charge in [-0.1, -0.05) is 24.9 Å². The van der Waals surface area contributed by atoms with Crippen LogP contribution in [-0.2, 0) is 6.54 Å². The quantitative estimate of drug-likeness (QED) is 0.788. The lowest BCUT2D eigenvalue weighted by molar-refractivity contribution is 0.311. The van der Waals surface area contributed by atoms with Crippen LogP contribution in [0.2, 0.25) is 5.02 Å². The average Bonchev–Trinajstić information content (AvgIpc) is 2.30. The fraction of sp³-hybridized carbons (Fsp3) is 0.600. The number of hydrogen-bond donors (Lipinski definition) is 2. The van der Waals surface area contributed by atoms with Gasteiger partial charge in [0.05, 0.1) is 18.5 Å². The number of nitrogens with one attached hydrogen (secondary N) is 1. The largest absolute Gasteiger partial charge is 0.395 e. The lowest BCUT2D eigenvalue weighted by Gasteiger charge is -2.08. The van der Waals surface area contributed by atoms with Crippen LogP contribution in [0, 0.1) is 0 Å². The van der Waals surface area contributed by atoms with Crippen LogP contribution in [0.4, 0.5) is 5.69 Å². The zero-order chi connectivity index (χ0) is 12.0. The van der Waals surface area contributed by atoms with E-state index in [0.29, 0.717) is 18.8 Å². The van der Waals surface area contributed by atoms with E-state index in [1.165, 1.54) is 10.9 Å². The highest BCUT2D eigenvalue weighted by molar-refractivity contribution is 6.32. The first-order valence-electron chi connectivity index (χ1n) is 5.31. The van der Waals surface area contributed by atoms with E-state index in [9.17, 15) is 4.79 Å². The first-order valence-corrected chi connectivity index (χ1v) is 5.68. The summed E-state index contributed by atoms with van der Waals surface area (Å²) in [6.07, 6.45) is 3.40. The number of halogens is 1. The van der Waals surface area contributed by atoms with Crippen LogP contribution < -0.4 is 10.9 Å². The second-order valence-electron chi connectivity index (χ2n) is 3.40. The Balaban J connectivity index is 2.85. The molecule has 2 N–H and O–H groups in total. The second kappa shape index (κ2) is 6.50. The van der Waals surface area contributed by atoms with Crippen molar-refractivity contribution in [1.82, 2.24) is 9.78 Å². The Labute approximate surface area is 99.0 Å². The molecule has 1 aromatic rings. The summed E-state index contributed by atoms with van der Waals surface area (Å²) in [5.74, 6) is 0. The monoisotopic (exact) mass is 245 g/mol. The molecule has 6 heteroatoms. The number of anilines is 1. The molecule has 0 aromatic carbocycles. The summed E-state index contributed by atoms with van der Waals surface area (Å²) in [5, 5.41) is 15.6. The number of nitrogens with zero attached hydrogens (tertiary/aromatic N) is 2. The summed E-state index contributed by atoms with van der Waals surface area (Å²) >= 11 is 5.90. The number of aryl methyl sites for hydroxylation is 1. The number of unbranched alkanes of at least 4 members (excludes halogenated alkanes) is 1. The number of aliphatic hydroxyl groups is 1. The summed E-state index contributed by atoms with van der Waals surface area (Å²) in [4.78, 5) is 11.7. The van der Waals surface area contributed by atoms with E-state index in [1.807, 2.05) is 6.92 Å². The summed E-state index contributed by atoms with van der Waals surface area (Å²) in [6, 6.07) is 0. The Bertz CT molecular complexity index is 392. The van der Waals surface area contributed by atoms with Gasteiger partial charge in [0.15, 0.2) is 0 Å². The molecular weight excluding hydrogens is 230 g/mol. The Hall–Kier alpha value is -1.07. The van der Waals surface area contributed by atoms with Crippen LogP contribution in [0.5, 0.6) is 0 Å². The first kappa shape index (κ1) is 13.0. The molecular formula is C10H16ClN3O2. The molecule has 0 aliphatic rings. The number of rotatable bonds is 6. The maximum Gasteiger partial charge on any atom is 0.287 e. The van der Waals surface area contributed by atoms with Gasteiger partial charge < -0.3 is 10.4 Å². The molecule has 0 atom stereocenters. The smallest absolute Gasteiger partial charge is 0.287 e. The molecule has 0 bridgehead atoms. The molecule has 1 aromatic heterocycles. The minimum absolute atomic E-state index is 0.0186. The Morgan fingerprint density at radius 1 is 1.62 bits per heavy atom. The van der Waals surface area contributed by atoms with E-state index in [1.54, 1.807) is 0 Å². The van der Waals surface area contributed by atoms with Gasteiger partial charge in [-0.05, 0) is 6.42 Å². The van der Waals surface area contributed by atoms with Gasteiger partial charge in [0.2, 0.25) is 0 Å². The van der Waals surface area contributed by atoms with E-state index in [-0.39, 0.29) is 17.2 Å². The molecule has 90 valence electrons. The minimum atomic E-state index is -0.293. The Morgan fingerprint density at radius 2 is 2.38 bits per heavy atom. The van der Waals surface area contributed by atoms with E-state index in [2.05, 4.69) is 10.4 Å². The van der Waals surface area contributed by atoms with Crippen molar-refractivity contribution in [3.8, 4) is 0 Å². The van der Waals surface area contributed by atoms with Crippen LogP contribution in [0.3, 0.4) is 0 Å². The predicted molar refractivity (Wildman–Crippen MR) is 64.0 cm³/mol. The molecule has 0 spiro atoms. The number of hydrogen-bond acceptors (Lipinski definition) is 4. The van der Waals surface area contributed by atoms with Gasteiger partial charge in [-0.25, -0.2) is 4.68 Å². The van der Waals surface area contributed by atoms with Crippen molar-refractivity contribution in [2.45, 2.75) is 26.3 Å². The molecule has 0 unspecified atom stereocenters. The SMILES string of the molecule is CCCCn1ncc(NCCO)c(Cl)c1=O. The van der Waals surface area contributed by atoms with Gasteiger partial charge in [0, 0.05) is 13.1 Å². The van der Waals surface area contributed by atoms with Crippen LogP contribution in [0.1, 0.15) is 19.8 Å². The average molecular weight is 246 g/mol. The van der Waals surface area contributed by atoms with Crippen molar-refractivity contribution in [2.75, 3.05) is 18.5 Å². The highest BCUT2D eigenvalue weighted by atomic mass is 35.5. The molecule has 0 saturated heterocycles. The summed E-state index contributed by atoms with van der Waals surface area (Å²) < 4.78 is 1.36. The van der Waals surface area contributed by atoms with Crippen LogP contribution >= 0.6 is 11.6 Å². The van der Waals surface area contributed by atoms with Crippen molar-refractivity contribution >= 4 is 17.3 Å². The lowest BCUT2D eigenvalue weighted by Crippen LogP contribution is -2.24. The van der Waals surface area contributed by atoms with Crippen molar-refractivity contribution < 1.29 is 5.11 Å².